The molecule has 0 aromatic carbocycles. The summed E-state index contributed by atoms with van der Waals surface area (Å²) in [6, 6.07) is 2.05. The van der Waals surface area contributed by atoms with Crippen LogP contribution in [0, 0.1) is 12.8 Å². The van der Waals surface area contributed by atoms with E-state index in [0.29, 0.717) is 0 Å². The summed E-state index contributed by atoms with van der Waals surface area (Å²) in [5, 5.41) is 11.4. The third-order valence-electron chi connectivity index (χ3n) is 2.70. The van der Waals surface area contributed by atoms with Crippen molar-refractivity contribution in [1.82, 2.24) is 10.2 Å². The monoisotopic (exact) mass is 223 g/mol. The molecule has 0 aliphatic carbocycles. The fraction of sp³-hybridized carbons (Fsp3) is 0.636. The highest BCUT2D eigenvalue weighted by molar-refractivity contribution is 7.99. The summed E-state index contributed by atoms with van der Waals surface area (Å²) >= 11 is 2.07. The molecule has 2 heterocycles. The summed E-state index contributed by atoms with van der Waals surface area (Å²) in [6.07, 6.45) is 4.44. The molecule has 4 heteroatoms. The molecule has 1 saturated heterocycles. The third kappa shape index (κ3) is 3.38. The van der Waals surface area contributed by atoms with Gasteiger partial charge in [0.05, 0.1) is 6.20 Å². The number of hydrogen-bond donors (Lipinski definition) is 1. The van der Waals surface area contributed by atoms with Crippen molar-refractivity contribution in [2.45, 2.75) is 19.8 Å². The molecule has 1 aromatic rings. The van der Waals surface area contributed by atoms with Crippen LogP contribution in [0.4, 0.5) is 5.82 Å². The standard InChI is InChI=1S/C11H17N3S/c1-9-6-11(14-13-7-9)12-8-10-2-4-15-5-3-10/h6-7,10H,2-5,8H2,1H3,(H,12,14). The summed E-state index contributed by atoms with van der Waals surface area (Å²) in [6.45, 7) is 3.08. The lowest BCUT2D eigenvalue weighted by molar-refractivity contribution is 0.515. The number of nitrogens with one attached hydrogen (secondary N) is 1. The van der Waals surface area contributed by atoms with E-state index in [1.807, 2.05) is 13.0 Å². The van der Waals surface area contributed by atoms with Gasteiger partial charge in [0.1, 0.15) is 5.82 Å². The van der Waals surface area contributed by atoms with Crippen molar-refractivity contribution < 1.29 is 0 Å². The van der Waals surface area contributed by atoms with Gasteiger partial charge in [-0.25, -0.2) is 0 Å². The molecule has 15 heavy (non-hydrogen) atoms. The maximum atomic E-state index is 4.06. The number of rotatable bonds is 3. The van der Waals surface area contributed by atoms with E-state index < -0.39 is 0 Å². The van der Waals surface area contributed by atoms with Crippen molar-refractivity contribution in [2.24, 2.45) is 5.92 Å². The lowest BCUT2D eigenvalue weighted by Crippen LogP contribution is -2.19. The minimum absolute atomic E-state index is 0.813. The third-order valence-corrected chi connectivity index (χ3v) is 3.75. The molecule has 1 aliphatic heterocycles. The Labute approximate surface area is 95.1 Å². The van der Waals surface area contributed by atoms with Crippen molar-refractivity contribution in [3.8, 4) is 0 Å². The summed E-state index contributed by atoms with van der Waals surface area (Å²) in [5.74, 6) is 4.35. The van der Waals surface area contributed by atoms with Crippen molar-refractivity contribution >= 4 is 17.6 Å². The van der Waals surface area contributed by atoms with Gasteiger partial charge in [-0.1, -0.05) is 0 Å². The zero-order valence-corrected chi connectivity index (χ0v) is 9.89. The molecule has 0 radical (unpaired) electrons. The first-order chi connectivity index (χ1) is 7.34. The maximum Gasteiger partial charge on any atom is 0.148 e. The highest BCUT2D eigenvalue weighted by Gasteiger charge is 2.13. The predicted octanol–water partition coefficient (Wildman–Crippen LogP) is 2.34. The van der Waals surface area contributed by atoms with Crippen LogP contribution in [0.1, 0.15) is 18.4 Å². The van der Waals surface area contributed by atoms with Gasteiger partial charge in [-0.15, -0.1) is 5.10 Å². The zero-order valence-electron chi connectivity index (χ0n) is 9.07. The van der Waals surface area contributed by atoms with E-state index in [1.54, 1.807) is 6.20 Å². The van der Waals surface area contributed by atoms with Crippen LogP contribution in [0.3, 0.4) is 0 Å². The number of nitrogens with zero attached hydrogens (tertiary/aromatic N) is 2. The van der Waals surface area contributed by atoms with E-state index in [4.69, 9.17) is 0 Å². The van der Waals surface area contributed by atoms with Crippen molar-refractivity contribution in [2.75, 3.05) is 23.4 Å². The van der Waals surface area contributed by atoms with Crippen molar-refractivity contribution in [3.05, 3.63) is 17.8 Å². The first-order valence-electron chi connectivity index (χ1n) is 5.45. The molecule has 0 amide bonds. The molecule has 1 aliphatic rings. The SMILES string of the molecule is Cc1cnnc(NCC2CCSCC2)c1. The summed E-state index contributed by atoms with van der Waals surface area (Å²) < 4.78 is 0. The molecular weight excluding hydrogens is 206 g/mol. The average Bonchev–Trinajstić information content (AvgIpc) is 2.28. The van der Waals surface area contributed by atoms with E-state index in [-0.39, 0.29) is 0 Å². The Morgan fingerprint density at radius 1 is 1.47 bits per heavy atom. The molecule has 82 valence electrons. The lowest BCUT2D eigenvalue weighted by Gasteiger charge is -2.21. The Hall–Kier alpha value is -0.770. The van der Waals surface area contributed by atoms with Gasteiger partial charge in [-0.3, -0.25) is 0 Å². The molecule has 0 saturated carbocycles. The number of hydrogen-bond acceptors (Lipinski definition) is 4. The van der Waals surface area contributed by atoms with Gasteiger partial charge in [-0.2, -0.15) is 16.9 Å². The first kappa shape index (κ1) is 10.7. The molecule has 1 N–H and O–H groups in total. The second-order valence-corrected chi connectivity index (χ2v) is 5.28. The Kier molecular flexibility index (Phi) is 3.83. The molecular formula is C11H17N3S. The van der Waals surface area contributed by atoms with Crippen molar-refractivity contribution in [3.63, 3.8) is 0 Å². The van der Waals surface area contributed by atoms with Crippen molar-refractivity contribution in [1.29, 1.82) is 0 Å². The zero-order chi connectivity index (χ0) is 10.5. The fourth-order valence-corrected chi connectivity index (χ4v) is 2.95. The lowest BCUT2D eigenvalue weighted by atomic mass is 10.0. The molecule has 1 fully saturated rings. The Morgan fingerprint density at radius 2 is 2.27 bits per heavy atom. The van der Waals surface area contributed by atoms with Crippen LogP contribution in [-0.2, 0) is 0 Å². The van der Waals surface area contributed by atoms with Gasteiger partial charge in [0.25, 0.3) is 0 Å². The highest BCUT2D eigenvalue weighted by Crippen LogP contribution is 2.22. The Balaban J connectivity index is 1.81. The molecule has 0 spiro atoms. The van der Waals surface area contributed by atoms with Gasteiger partial charge in [0, 0.05) is 6.54 Å². The first-order valence-corrected chi connectivity index (χ1v) is 6.61. The van der Waals surface area contributed by atoms with Crippen LogP contribution < -0.4 is 5.32 Å². The minimum Gasteiger partial charge on any atom is -0.368 e. The van der Waals surface area contributed by atoms with E-state index in [0.717, 1.165) is 23.8 Å². The average molecular weight is 223 g/mol. The normalized spacial score (nSPS) is 17.7. The van der Waals surface area contributed by atoms with Crippen LogP contribution in [-0.4, -0.2) is 28.2 Å². The summed E-state index contributed by atoms with van der Waals surface area (Å²) in [4.78, 5) is 0. The summed E-state index contributed by atoms with van der Waals surface area (Å²) in [7, 11) is 0. The van der Waals surface area contributed by atoms with E-state index >= 15 is 0 Å². The molecule has 1 aromatic heterocycles. The maximum absolute atomic E-state index is 4.06. The van der Waals surface area contributed by atoms with Crippen LogP contribution in [0.25, 0.3) is 0 Å². The fourth-order valence-electron chi connectivity index (χ4n) is 1.75. The van der Waals surface area contributed by atoms with Crippen LogP contribution in [0.15, 0.2) is 12.3 Å². The number of aromatic nitrogens is 2. The second-order valence-electron chi connectivity index (χ2n) is 4.05. The molecule has 0 bridgehead atoms. The molecule has 3 nitrogen and oxygen atoms in total. The summed E-state index contributed by atoms with van der Waals surface area (Å²) in [5.41, 5.74) is 1.16. The number of anilines is 1. The van der Waals surface area contributed by atoms with Gasteiger partial charge < -0.3 is 5.32 Å². The largest absolute Gasteiger partial charge is 0.368 e. The minimum atomic E-state index is 0.813. The van der Waals surface area contributed by atoms with E-state index in [1.165, 1.54) is 24.3 Å². The smallest absolute Gasteiger partial charge is 0.148 e. The molecule has 0 atom stereocenters. The van der Waals surface area contributed by atoms with Gasteiger partial charge >= 0.3 is 0 Å². The Bertz CT molecular complexity index is 310. The van der Waals surface area contributed by atoms with Gasteiger partial charge in [0.15, 0.2) is 0 Å². The topological polar surface area (TPSA) is 37.8 Å². The van der Waals surface area contributed by atoms with Crippen LogP contribution in [0.5, 0.6) is 0 Å². The molecule has 2 rings (SSSR count). The quantitative estimate of drug-likeness (QED) is 0.853. The number of aryl methyl sites for hydroxylation is 1. The predicted molar refractivity (Wildman–Crippen MR) is 65.3 cm³/mol. The van der Waals surface area contributed by atoms with Crippen LogP contribution in [0.2, 0.25) is 0 Å². The van der Waals surface area contributed by atoms with Gasteiger partial charge in [0.2, 0.25) is 0 Å². The van der Waals surface area contributed by atoms with E-state index in [2.05, 4.69) is 27.3 Å². The molecule has 0 unspecified atom stereocenters. The second kappa shape index (κ2) is 5.35. The van der Waals surface area contributed by atoms with Crippen LogP contribution >= 0.6 is 11.8 Å². The number of thioether (sulfide) groups is 1. The Morgan fingerprint density at radius 3 is 3.00 bits per heavy atom. The van der Waals surface area contributed by atoms with Gasteiger partial charge in [-0.05, 0) is 48.8 Å². The van der Waals surface area contributed by atoms with E-state index in [9.17, 15) is 0 Å². The highest BCUT2D eigenvalue weighted by atomic mass is 32.2.